The van der Waals surface area contributed by atoms with Gasteiger partial charge in [-0.05, 0) is 55.3 Å². The van der Waals surface area contributed by atoms with Gasteiger partial charge in [-0.2, -0.15) is 4.31 Å². The molecule has 1 saturated heterocycles. The summed E-state index contributed by atoms with van der Waals surface area (Å²) in [6.45, 7) is 5.81. The van der Waals surface area contributed by atoms with Crippen LogP contribution in [0.25, 0.3) is 0 Å². The third-order valence-corrected chi connectivity index (χ3v) is 7.05. The minimum absolute atomic E-state index is 0.146. The van der Waals surface area contributed by atoms with E-state index in [1.165, 1.54) is 4.31 Å². The summed E-state index contributed by atoms with van der Waals surface area (Å²) in [5.74, 6) is -0.146. The van der Waals surface area contributed by atoms with E-state index in [2.05, 4.69) is 5.32 Å². The highest BCUT2D eigenvalue weighted by Gasteiger charge is 2.29. The number of amides is 1. The molecule has 0 saturated carbocycles. The first-order chi connectivity index (χ1) is 13.3. The number of nitrogens with zero attached hydrogens (tertiary/aromatic N) is 2. The van der Waals surface area contributed by atoms with E-state index in [0.717, 1.165) is 11.1 Å². The summed E-state index contributed by atoms with van der Waals surface area (Å²) >= 11 is 5.92. The van der Waals surface area contributed by atoms with Gasteiger partial charge in [0, 0.05) is 36.9 Å². The zero-order chi connectivity index (χ0) is 20.3. The van der Waals surface area contributed by atoms with Gasteiger partial charge >= 0.3 is 0 Å². The SMILES string of the molecule is Cc1ccc(S(=O)(=O)N2CCN(CC(=O)Nc3cccc(Cl)c3)CC2)cc1C. The number of hydrogen-bond acceptors (Lipinski definition) is 4. The van der Waals surface area contributed by atoms with Crippen molar-refractivity contribution in [3.05, 3.63) is 58.6 Å². The number of hydrogen-bond donors (Lipinski definition) is 1. The average Bonchev–Trinajstić information content (AvgIpc) is 2.64. The van der Waals surface area contributed by atoms with Gasteiger partial charge in [-0.15, -0.1) is 0 Å². The molecule has 3 rings (SSSR count). The second-order valence-electron chi connectivity index (χ2n) is 6.98. The fourth-order valence-corrected chi connectivity index (χ4v) is 4.82. The Morgan fingerprint density at radius 1 is 1.04 bits per heavy atom. The Balaban J connectivity index is 1.56. The fourth-order valence-electron chi connectivity index (χ4n) is 3.12. The van der Waals surface area contributed by atoms with Crippen molar-refractivity contribution in [2.75, 3.05) is 38.0 Å². The molecule has 1 aliphatic rings. The number of aryl methyl sites for hydroxylation is 2. The summed E-state index contributed by atoms with van der Waals surface area (Å²) in [7, 11) is -3.52. The van der Waals surface area contributed by atoms with Gasteiger partial charge in [0.15, 0.2) is 0 Å². The van der Waals surface area contributed by atoms with Crippen molar-refractivity contribution in [3.8, 4) is 0 Å². The molecule has 0 bridgehead atoms. The number of nitrogens with one attached hydrogen (secondary N) is 1. The van der Waals surface area contributed by atoms with E-state index >= 15 is 0 Å². The maximum atomic E-state index is 12.9. The monoisotopic (exact) mass is 421 g/mol. The third-order valence-electron chi connectivity index (χ3n) is 4.92. The van der Waals surface area contributed by atoms with Gasteiger partial charge in [-0.1, -0.05) is 23.7 Å². The number of piperazine rings is 1. The summed E-state index contributed by atoms with van der Waals surface area (Å²) < 4.78 is 27.2. The van der Waals surface area contributed by atoms with E-state index in [1.807, 2.05) is 24.8 Å². The molecule has 2 aromatic rings. The molecule has 1 fully saturated rings. The maximum absolute atomic E-state index is 12.9. The molecule has 1 aliphatic heterocycles. The number of anilines is 1. The van der Waals surface area contributed by atoms with Crippen molar-refractivity contribution < 1.29 is 13.2 Å². The first kappa shape index (κ1) is 20.8. The lowest BCUT2D eigenvalue weighted by molar-refractivity contribution is -0.117. The van der Waals surface area contributed by atoms with Crippen LogP contribution in [0.3, 0.4) is 0 Å². The molecule has 8 heteroatoms. The van der Waals surface area contributed by atoms with Crippen LogP contribution in [-0.2, 0) is 14.8 Å². The molecular formula is C20H24ClN3O3S. The van der Waals surface area contributed by atoms with Gasteiger partial charge in [0.05, 0.1) is 11.4 Å². The summed E-state index contributed by atoms with van der Waals surface area (Å²) in [6, 6.07) is 12.2. The Kier molecular flexibility index (Phi) is 6.40. The van der Waals surface area contributed by atoms with Crippen LogP contribution >= 0.6 is 11.6 Å². The number of rotatable bonds is 5. The standard InChI is InChI=1S/C20H24ClN3O3S/c1-15-6-7-19(12-16(15)2)28(26,27)24-10-8-23(9-11-24)14-20(25)22-18-5-3-4-17(21)13-18/h3-7,12-13H,8-11,14H2,1-2H3,(H,22,25). The smallest absolute Gasteiger partial charge is 0.243 e. The molecule has 0 unspecified atom stereocenters. The molecule has 28 heavy (non-hydrogen) atoms. The Hall–Kier alpha value is -1.93. The maximum Gasteiger partial charge on any atom is 0.243 e. The molecular weight excluding hydrogens is 398 g/mol. The lowest BCUT2D eigenvalue weighted by Gasteiger charge is -2.33. The molecule has 0 aromatic heterocycles. The first-order valence-electron chi connectivity index (χ1n) is 9.11. The molecule has 1 amide bonds. The topological polar surface area (TPSA) is 69.7 Å². The van der Waals surface area contributed by atoms with Gasteiger partial charge in [0.1, 0.15) is 0 Å². The van der Waals surface area contributed by atoms with E-state index in [1.54, 1.807) is 36.4 Å². The van der Waals surface area contributed by atoms with Gasteiger partial charge in [-0.3, -0.25) is 9.69 Å². The predicted molar refractivity (Wildman–Crippen MR) is 111 cm³/mol. The summed E-state index contributed by atoms with van der Waals surface area (Å²) in [6.07, 6.45) is 0. The zero-order valence-electron chi connectivity index (χ0n) is 16.0. The molecule has 1 heterocycles. The summed E-state index contributed by atoms with van der Waals surface area (Å²) in [5.41, 5.74) is 2.67. The van der Waals surface area contributed by atoms with Gasteiger partial charge in [-0.25, -0.2) is 8.42 Å². The second kappa shape index (κ2) is 8.61. The molecule has 1 N–H and O–H groups in total. The molecule has 0 atom stereocenters. The van der Waals surface area contributed by atoms with E-state index in [-0.39, 0.29) is 12.5 Å². The number of carbonyl (C=O) groups excluding carboxylic acids is 1. The Labute approximate surface area is 171 Å². The highest BCUT2D eigenvalue weighted by Crippen LogP contribution is 2.20. The average molecular weight is 422 g/mol. The van der Waals surface area contributed by atoms with Crippen molar-refractivity contribution in [2.24, 2.45) is 0 Å². The van der Waals surface area contributed by atoms with Crippen molar-refractivity contribution in [3.63, 3.8) is 0 Å². The normalized spacial score (nSPS) is 16.1. The van der Waals surface area contributed by atoms with Gasteiger partial charge in [0.25, 0.3) is 0 Å². The lowest BCUT2D eigenvalue weighted by Crippen LogP contribution is -2.50. The fraction of sp³-hybridized carbons (Fsp3) is 0.350. The van der Waals surface area contributed by atoms with E-state index in [9.17, 15) is 13.2 Å². The van der Waals surface area contributed by atoms with Crippen LogP contribution in [0, 0.1) is 13.8 Å². The molecule has 2 aromatic carbocycles. The van der Waals surface area contributed by atoms with Crippen LogP contribution in [0.15, 0.2) is 47.4 Å². The summed E-state index contributed by atoms with van der Waals surface area (Å²) in [5, 5.41) is 3.37. The van der Waals surface area contributed by atoms with Crippen LogP contribution in [0.2, 0.25) is 5.02 Å². The highest BCUT2D eigenvalue weighted by atomic mass is 35.5. The largest absolute Gasteiger partial charge is 0.325 e. The quantitative estimate of drug-likeness (QED) is 0.805. The van der Waals surface area contributed by atoms with Crippen molar-refractivity contribution >= 4 is 33.2 Å². The molecule has 0 aliphatic carbocycles. The molecule has 6 nitrogen and oxygen atoms in total. The Morgan fingerprint density at radius 3 is 2.39 bits per heavy atom. The number of halogens is 1. The number of sulfonamides is 1. The molecule has 0 spiro atoms. The third kappa shape index (κ3) is 4.91. The van der Waals surface area contributed by atoms with Gasteiger partial charge < -0.3 is 5.32 Å². The van der Waals surface area contributed by atoms with Crippen molar-refractivity contribution in [1.82, 2.24) is 9.21 Å². The lowest BCUT2D eigenvalue weighted by atomic mass is 10.1. The van der Waals surface area contributed by atoms with Crippen molar-refractivity contribution in [2.45, 2.75) is 18.7 Å². The van der Waals surface area contributed by atoms with Gasteiger partial charge in [0.2, 0.25) is 15.9 Å². The number of carbonyl (C=O) groups is 1. The number of benzene rings is 2. The van der Waals surface area contributed by atoms with E-state index in [0.29, 0.717) is 41.8 Å². The summed E-state index contributed by atoms with van der Waals surface area (Å²) in [4.78, 5) is 14.5. The highest BCUT2D eigenvalue weighted by molar-refractivity contribution is 7.89. The predicted octanol–water partition coefficient (Wildman–Crippen LogP) is 2.90. The van der Waals surface area contributed by atoms with Crippen LogP contribution in [0.1, 0.15) is 11.1 Å². The molecule has 0 radical (unpaired) electrons. The molecule has 150 valence electrons. The van der Waals surface area contributed by atoms with Crippen LogP contribution in [-0.4, -0.2) is 56.3 Å². The minimum atomic E-state index is -3.52. The van der Waals surface area contributed by atoms with Crippen LogP contribution in [0.4, 0.5) is 5.69 Å². The second-order valence-corrected chi connectivity index (χ2v) is 9.36. The van der Waals surface area contributed by atoms with Crippen LogP contribution in [0.5, 0.6) is 0 Å². The van der Waals surface area contributed by atoms with E-state index < -0.39 is 10.0 Å². The zero-order valence-corrected chi connectivity index (χ0v) is 17.6. The Bertz CT molecular complexity index is 970. The van der Waals surface area contributed by atoms with Crippen LogP contribution < -0.4 is 5.32 Å². The van der Waals surface area contributed by atoms with E-state index in [4.69, 9.17) is 11.6 Å². The van der Waals surface area contributed by atoms with Crippen molar-refractivity contribution in [1.29, 1.82) is 0 Å². The first-order valence-corrected chi connectivity index (χ1v) is 10.9. The Morgan fingerprint density at radius 2 is 1.75 bits per heavy atom. The minimum Gasteiger partial charge on any atom is -0.325 e.